The van der Waals surface area contributed by atoms with Crippen molar-refractivity contribution in [3.8, 4) is 11.5 Å². The molecule has 2 aliphatic rings. The van der Waals surface area contributed by atoms with E-state index in [4.69, 9.17) is 14.2 Å². The maximum absolute atomic E-state index is 12.7. The van der Waals surface area contributed by atoms with Crippen LogP contribution in [0.5, 0.6) is 11.5 Å². The number of fused-ring (bicyclic) bond motifs is 1. The highest BCUT2D eigenvalue weighted by atomic mass is 16.6. The molecule has 26 heavy (non-hydrogen) atoms. The third-order valence-electron chi connectivity index (χ3n) is 4.75. The summed E-state index contributed by atoms with van der Waals surface area (Å²) >= 11 is 0. The number of amides is 1. The van der Waals surface area contributed by atoms with E-state index in [1.807, 2.05) is 47.5 Å². The Morgan fingerprint density at radius 1 is 1.15 bits per heavy atom. The van der Waals surface area contributed by atoms with Crippen LogP contribution in [0.1, 0.15) is 18.4 Å². The summed E-state index contributed by atoms with van der Waals surface area (Å²) in [6.45, 7) is 2.17. The minimum atomic E-state index is -0.572. The number of carbonyl (C=O) groups excluding carboxylic acids is 1. The second kappa shape index (κ2) is 7.74. The first-order valence-corrected chi connectivity index (χ1v) is 8.97. The molecule has 0 saturated carbocycles. The lowest BCUT2D eigenvalue weighted by molar-refractivity contribution is -0.144. The molecular formula is C20H22N2O4. The van der Waals surface area contributed by atoms with Crippen molar-refractivity contribution in [3.05, 3.63) is 54.4 Å². The normalized spacial score (nSPS) is 20.0. The van der Waals surface area contributed by atoms with Crippen LogP contribution in [0.3, 0.4) is 0 Å². The van der Waals surface area contributed by atoms with Crippen molar-refractivity contribution in [2.75, 3.05) is 19.7 Å². The number of aromatic nitrogens is 1. The molecule has 0 radical (unpaired) electrons. The summed E-state index contributed by atoms with van der Waals surface area (Å²) in [7, 11) is 0. The van der Waals surface area contributed by atoms with Crippen molar-refractivity contribution in [2.45, 2.75) is 31.7 Å². The number of likely N-dealkylation sites (tertiary alicyclic amines) is 1. The zero-order valence-corrected chi connectivity index (χ0v) is 14.5. The fourth-order valence-electron chi connectivity index (χ4n) is 3.29. The third kappa shape index (κ3) is 3.80. The van der Waals surface area contributed by atoms with E-state index in [9.17, 15) is 4.79 Å². The van der Waals surface area contributed by atoms with Gasteiger partial charge in [-0.15, -0.1) is 0 Å². The summed E-state index contributed by atoms with van der Waals surface area (Å²) in [6, 6.07) is 11.4. The van der Waals surface area contributed by atoms with E-state index in [1.54, 1.807) is 6.20 Å². The number of para-hydroxylation sites is 2. The summed E-state index contributed by atoms with van der Waals surface area (Å²) in [5, 5.41) is 0. The van der Waals surface area contributed by atoms with Crippen molar-refractivity contribution in [2.24, 2.45) is 0 Å². The predicted octanol–water partition coefficient (Wildman–Crippen LogP) is 2.43. The largest absolute Gasteiger partial charge is 0.485 e. The molecule has 1 atom stereocenters. The van der Waals surface area contributed by atoms with Gasteiger partial charge in [0.15, 0.2) is 11.5 Å². The average molecular weight is 354 g/mol. The van der Waals surface area contributed by atoms with Crippen LogP contribution in [-0.4, -0.2) is 47.7 Å². The molecule has 0 aliphatic carbocycles. The van der Waals surface area contributed by atoms with E-state index in [0.717, 1.165) is 18.4 Å². The maximum Gasteiger partial charge on any atom is 0.267 e. The Balaban J connectivity index is 1.26. The Hall–Kier alpha value is -2.60. The Bertz CT molecular complexity index is 744. The topological polar surface area (TPSA) is 60.9 Å². The Morgan fingerprint density at radius 2 is 1.96 bits per heavy atom. The third-order valence-corrected chi connectivity index (χ3v) is 4.75. The number of benzene rings is 1. The van der Waals surface area contributed by atoms with Gasteiger partial charge in [0.2, 0.25) is 6.10 Å². The van der Waals surface area contributed by atoms with Gasteiger partial charge in [-0.3, -0.25) is 9.78 Å². The van der Waals surface area contributed by atoms with Crippen molar-refractivity contribution < 1.29 is 19.0 Å². The number of carbonyl (C=O) groups is 1. The smallest absolute Gasteiger partial charge is 0.267 e. The maximum atomic E-state index is 12.7. The highest BCUT2D eigenvalue weighted by Crippen LogP contribution is 2.31. The number of pyridine rings is 1. The Kier molecular flexibility index (Phi) is 5.02. The number of nitrogens with zero attached hydrogens (tertiary/aromatic N) is 2. The van der Waals surface area contributed by atoms with E-state index in [1.165, 1.54) is 0 Å². The second-order valence-corrected chi connectivity index (χ2v) is 6.56. The molecule has 6 nitrogen and oxygen atoms in total. The number of hydrogen-bond acceptors (Lipinski definition) is 5. The zero-order valence-electron chi connectivity index (χ0n) is 14.5. The van der Waals surface area contributed by atoms with Gasteiger partial charge in [0, 0.05) is 25.5 Å². The fraction of sp³-hybridized carbons (Fsp3) is 0.400. The van der Waals surface area contributed by atoms with E-state index >= 15 is 0 Å². The van der Waals surface area contributed by atoms with Gasteiger partial charge in [0.1, 0.15) is 6.61 Å². The first-order valence-electron chi connectivity index (χ1n) is 8.97. The van der Waals surface area contributed by atoms with Crippen molar-refractivity contribution in [3.63, 3.8) is 0 Å². The fourth-order valence-corrected chi connectivity index (χ4v) is 3.29. The van der Waals surface area contributed by atoms with Crippen molar-refractivity contribution in [1.29, 1.82) is 0 Å². The van der Waals surface area contributed by atoms with Gasteiger partial charge in [-0.25, -0.2) is 0 Å². The van der Waals surface area contributed by atoms with Crippen LogP contribution in [0.4, 0.5) is 0 Å². The highest BCUT2D eigenvalue weighted by Gasteiger charge is 2.33. The van der Waals surface area contributed by atoms with Gasteiger partial charge in [0.05, 0.1) is 12.7 Å². The SMILES string of the molecule is O=C(C1COc2ccccc2O1)N1CCC(OCc2cccnc2)CC1. The van der Waals surface area contributed by atoms with Crippen molar-refractivity contribution in [1.82, 2.24) is 9.88 Å². The average Bonchev–Trinajstić information content (AvgIpc) is 2.72. The summed E-state index contributed by atoms with van der Waals surface area (Å²) in [5.41, 5.74) is 1.07. The van der Waals surface area contributed by atoms with E-state index in [2.05, 4.69) is 4.98 Å². The summed E-state index contributed by atoms with van der Waals surface area (Å²) < 4.78 is 17.4. The number of hydrogen-bond donors (Lipinski definition) is 0. The van der Waals surface area contributed by atoms with Gasteiger partial charge in [-0.1, -0.05) is 18.2 Å². The predicted molar refractivity (Wildman–Crippen MR) is 95.0 cm³/mol. The van der Waals surface area contributed by atoms with Gasteiger partial charge in [-0.2, -0.15) is 0 Å². The minimum absolute atomic E-state index is 0.00906. The van der Waals surface area contributed by atoms with Gasteiger partial charge in [0.25, 0.3) is 5.91 Å². The summed E-state index contributed by atoms with van der Waals surface area (Å²) in [4.78, 5) is 18.7. The Morgan fingerprint density at radius 3 is 2.73 bits per heavy atom. The molecule has 4 rings (SSSR count). The molecule has 1 amide bonds. The zero-order chi connectivity index (χ0) is 17.8. The van der Waals surface area contributed by atoms with Crippen LogP contribution < -0.4 is 9.47 Å². The molecule has 1 fully saturated rings. The van der Waals surface area contributed by atoms with Crippen LogP contribution in [0.25, 0.3) is 0 Å². The van der Waals surface area contributed by atoms with Gasteiger partial charge >= 0.3 is 0 Å². The lowest BCUT2D eigenvalue weighted by Crippen LogP contribution is -2.49. The van der Waals surface area contributed by atoms with Crippen molar-refractivity contribution >= 4 is 5.91 Å². The van der Waals surface area contributed by atoms with Crippen LogP contribution >= 0.6 is 0 Å². The standard InChI is InChI=1S/C20H22N2O4/c23-20(19-14-25-17-5-1-2-6-18(17)26-19)22-10-7-16(8-11-22)24-13-15-4-3-9-21-12-15/h1-6,9,12,16,19H,7-8,10-11,13-14H2. The molecule has 0 N–H and O–H groups in total. The molecule has 1 unspecified atom stereocenters. The van der Waals surface area contributed by atoms with Crippen LogP contribution in [-0.2, 0) is 16.1 Å². The second-order valence-electron chi connectivity index (χ2n) is 6.56. The molecule has 0 bridgehead atoms. The van der Waals surface area contributed by atoms with Crippen LogP contribution in [0.2, 0.25) is 0 Å². The van der Waals surface area contributed by atoms with Crippen LogP contribution in [0, 0.1) is 0 Å². The molecule has 1 aromatic heterocycles. The summed E-state index contributed by atoms with van der Waals surface area (Å²) in [5.74, 6) is 1.32. The molecule has 2 aliphatic heterocycles. The monoisotopic (exact) mass is 354 g/mol. The molecule has 1 saturated heterocycles. The highest BCUT2D eigenvalue weighted by molar-refractivity contribution is 5.82. The van der Waals surface area contributed by atoms with E-state index in [-0.39, 0.29) is 18.6 Å². The number of piperidine rings is 1. The molecule has 136 valence electrons. The van der Waals surface area contributed by atoms with E-state index < -0.39 is 6.10 Å². The Labute approximate surface area is 152 Å². The molecular weight excluding hydrogens is 332 g/mol. The molecule has 2 aromatic rings. The molecule has 0 spiro atoms. The first-order chi connectivity index (χ1) is 12.8. The minimum Gasteiger partial charge on any atom is -0.485 e. The number of rotatable bonds is 4. The van der Waals surface area contributed by atoms with Crippen LogP contribution in [0.15, 0.2) is 48.8 Å². The molecule has 1 aromatic carbocycles. The molecule has 3 heterocycles. The lowest BCUT2D eigenvalue weighted by Gasteiger charge is -2.35. The first kappa shape index (κ1) is 16.8. The van der Waals surface area contributed by atoms with Gasteiger partial charge in [-0.05, 0) is 36.6 Å². The molecule has 6 heteroatoms. The summed E-state index contributed by atoms with van der Waals surface area (Å²) in [6.07, 6.45) is 4.83. The quantitative estimate of drug-likeness (QED) is 0.844. The van der Waals surface area contributed by atoms with Gasteiger partial charge < -0.3 is 19.1 Å². The van der Waals surface area contributed by atoms with E-state index in [0.29, 0.717) is 31.2 Å². The number of ether oxygens (including phenoxy) is 3. The lowest BCUT2D eigenvalue weighted by atomic mass is 10.1.